The largest absolute Gasteiger partial charge is 0.479 e. The fraction of sp³-hybridized carbons (Fsp3) is 0.455. The second kappa shape index (κ2) is 5.61. The van der Waals surface area contributed by atoms with Crippen molar-refractivity contribution >= 4 is 17.5 Å². The number of aliphatic carboxylic acids is 1. The van der Waals surface area contributed by atoms with Gasteiger partial charge in [0.2, 0.25) is 0 Å². The number of nitrogens with one attached hydrogen (secondary N) is 1. The molecule has 1 fully saturated rings. The summed E-state index contributed by atoms with van der Waals surface area (Å²) in [6.45, 7) is 0.425. The highest BCUT2D eigenvalue weighted by Crippen LogP contribution is 2.20. The van der Waals surface area contributed by atoms with Gasteiger partial charge in [0.1, 0.15) is 12.0 Å². The van der Waals surface area contributed by atoms with Gasteiger partial charge in [-0.05, 0) is 18.9 Å². The Balaban J connectivity index is 1.83. The molecular formula is C11H13N3O5. The zero-order chi connectivity index (χ0) is 13.8. The van der Waals surface area contributed by atoms with E-state index < -0.39 is 17.0 Å². The lowest BCUT2D eigenvalue weighted by Gasteiger charge is -2.12. The number of carboxylic acid groups (broad SMARTS) is 1. The molecule has 2 N–H and O–H groups in total. The maximum atomic E-state index is 10.7. The standard InChI is InChI=1S/C11H13N3O5/c15-11(16)9-3-2-8(19-9)6-13-10-4-1-7(5-12-10)14(17)18/h1,4-5,8-9H,2-3,6H2,(H,12,13)(H,15,16). The summed E-state index contributed by atoms with van der Waals surface area (Å²) in [5, 5.41) is 22.2. The van der Waals surface area contributed by atoms with Crippen molar-refractivity contribution in [1.29, 1.82) is 0 Å². The molecule has 1 aromatic rings. The molecule has 0 amide bonds. The number of nitrogens with zero attached hydrogens (tertiary/aromatic N) is 2. The highest BCUT2D eigenvalue weighted by molar-refractivity contribution is 5.72. The summed E-state index contributed by atoms with van der Waals surface area (Å²) in [6.07, 6.45) is 1.40. The summed E-state index contributed by atoms with van der Waals surface area (Å²) in [5.41, 5.74) is -0.0754. The summed E-state index contributed by atoms with van der Waals surface area (Å²) in [7, 11) is 0. The molecule has 1 aliphatic heterocycles. The van der Waals surface area contributed by atoms with Crippen LogP contribution in [0.3, 0.4) is 0 Å². The summed E-state index contributed by atoms with van der Waals surface area (Å²) in [6, 6.07) is 2.85. The molecule has 2 unspecified atom stereocenters. The number of hydrogen-bond acceptors (Lipinski definition) is 6. The predicted molar refractivity (Wildman–Crippen MR) is 64.9 cm³/mol. The predicted octanol–water partition coefficient (Wildman–Crippen LogP) is 1.03. The Morgan fingerprint density at radius 2 is 2.37 bits per heavy atom. The molecule has 1 aromatic heterocycles. The summed E-state index contributed by atoms with van der Waals surface area (Å²) >= 11 is 0. The number of nitro groups is 1. The van der Waals surface area contributed by atoms with Crippen LogP contribution in [0.4, 0.5) is 11.5 Å². The molecule has 0 radical (unpaired) electrons. The number of pyridine rings is 1. The first-order chi connectivity index (χ1) is 9.06. The Morgan fingerprint density at radius 1 is 1.58 bits per heavy atom. The maximum Gasteiger partial charge on any atom is 0.332 e. The topological polar surface area (TPSA) is 115 Å². The lowest BCUT2D eigenvalue weighted by atomic mass is 10.2. The van der Waals surface area contributed by atoms with E-state index >= 15 is 0 Å². The van der Waals surface area contributed by atoms with Crippen LogP contribution in [-0.2, 0) is 9.53 Å². The zero-order valence-electron chi connectivity index (χ0n) is 9.98. The lowest BCUT2D eigenvalue weighted by Crippen LogP contribution is -2.24. The third-order valence-electron chi connectivity index (χ3n) is 2.85. The fourth-order valence-corrected chi connectivity index (χ4v) is 1.85. The lowest BCUT2D eigenvalue weighted by molar-refractivity contribution is -0.385. The Bertz CT molecular complexity index is 476. The minimum absolute atomic E-state index is 0.0754. The molecule has 0 aliphatic carbocycles. The molecule has 0 aromatic carbocycles. The van der Waals surface area contributed by atoms with Gasteiger partial charge in [0, 0.05) is 12.6 Å². The van der Waals surface area contributed by atoms with E-state index in [9.17, 15) is 14.9 Å². The van der Waals surface area contributed by atoms with E-state index in [2.05, 4.69) is 10.3 Å². The van der Waals surface area contributed by atoms with Crippen LogP contribution in [0.2, 0.25) is 0 Å². The third-order valence-corrected chi connectivity index (χ3v) is 2.85. The molecule has 0 bridgehead atoms. The summed E-state index contributed by atoms with van der Waals surface area (Å²) in [4.78, 5) is 24.5. The SMILES string of the molecule is O=C(O)C1CCC(CNc2ccc([N+](=O)[O-])cn2)O1. The first-order valence-electron chi connectivity index (χ1n) is 5.79. The molecule has 8 nitrogen and oxygen atoms in total. The number of rotatable bonds is 5. The number of aromatic nitrogens is 1. The molecule has 1 aliphatic rings. The van der Waals surface area contributed by atoms with Crippen LogP contribution in [0.5, 0.6) is 0 Å². The number of carboxylic acids is 1. The van der Waals surface area contributed by atoms with Gasteiger partial charge in [0.25, 0.3) is 5.69 Å². The van der Waals surface area contributed by atoms with Crippen LogP contribution in [0.1, 0.15) is 12.8 Å². The van der Waals surface area contributed by atoms with Gasteiger partial charge in [0.15, 0.2) is 6.10 Å². The first kappa shape index (κ1) is 13.2. The van der Waals surface area contributed by atoms with Crippen molar-refractivity contribution in [2.45, 2.75) is 25.0 Å². The Morgan fingerprint density at radius 3 is 2.89 bits per heavy atom. The van der Waals surface area contributed by atoms with Crippen molar-refractivity contribution < 1.29 is 19.6 Å². The average Bonchev–Trinajstić information content (AvgIpc) is 2.86. The van der Waals surface area contributed by atoms with Gasteiger partial charge < -0.3 is 15.2 Å². The van der Waals surface area contributed by atoms with Gasteiger partial charge in [-0.1, -0.05) is 0 Å². The number of hydrogen-bond donors (Lipinski definition) is 2. The van der Waals surface area contributed by atoms with Gasteiger partial charge in [-0.25, -0.2) is 9.78 Å². The van der Waals surface area contributed by atoms with Crippen molar-refractivity contribution in [2.75, 3.05) is 11.9 Å². The molecule has 0 spiro atoms. The van der Waals surface area contributed by atoms with Crippen LogP contribution in [0.15, 0.2) is 18.3 Å². The summed E-state index contributed by atoms with van der Waals surface area (Å²) < 4.78 is 5.31. The molecule has 2 rings (SSSR count). The van der Waals surface area contributed by atoms with Gasteiger partial charge in [-0.3, -0.25) is 10.1 Å². The molecule has 8 heteroatoms. The highest BCUT2D eigenvalue weighted by Gasteiger charge is 2.30. The van der Waals surface area contributed by atoms with Crippen molar-refractivity contribution in [2.24, 2.45) is 0 Å². The number of carbonyl (C=O) groups is 1. The van der Waals surface area contributed by atoms with E-state index in [0.29, 0.717) is 25.2 Å². The van der Waals surface area contributed by atoms with Gasteiger partial charge in [-0.15, -0.1) is 0 Å². The Kier molecular flexibility index (Phi) is 3.91. The van der Waals surface area contributed by atoms with Crippen LogP contribution in [0, 0.1) is 10.1 Å². The maximum absolute atomic E-state index is 10.7. The molecule has 19 heavy (non-hydrogen) atoms. The second-order valence-corrected chi connectivity index (χ2v) is 4.20. The minimum Gasteiger partial charge on any atom is -0.479 e. The second-order valence-electron chi connectivity index (χ2n) is 4.20. The van der Waals surface area contributed by atoms with E-state index in [0.717, 1.165) is 6.20 Å². The number of ether oxygens (including phenoxy) is 1. The van der Waals surface area contributed by atoms with E-state index in [-0.39, 0.29) is 11.8 Å². The first-order valence-corrected chi connectivity index (χ1v) is 5.79. The molecule has 0 saturated carbocycles. The quantitative estimate of drug-likeness (QED) is 0.604. The van der Waals surface area contributed by atoms with Crippen LogP contribution in [-0.4, -0.2) is 39.7 Å². The normalized spacial score (nSPS) is 22.1. The molecule has 2 heterocycles. The number of anilines is 1. The fourth-order valence-electron chi connectivity index (χ4n) is 1.85. The third kappa shape index (κ3) is 3.38. The van der Waals surface area contributed by atoms with Crippen LogP contribution in [0.25, 0.3) is 0 Å². The molecular weight excluding hydrogens is 254 g/mol. The van der Waals surface area contributed by atoms with Crippen molar-refractivity contribution in [3.63, 3.8) is 0 Å². The van der Waals surface area contributed by atoms with Gasteiger partial charge >= 0.3 is 5.97 Å². The minimum atomic E-state index is -0.948. The van der Waals surface area contributed by atoms with Crippen LogP contribution < -0.4 is 5.32 Å². The van der Waals surface area contributed by atoms with Gasteiger partial charge in [-0.2, -0.15) is 0 Å². The van der Waals surface area contributed by atoms with Crippen molar-refractivity contribution in [3.8, 4) is 0 Å². The smallest absolute Gasteiger partial charge is 0.332 e. The van der Waals surface area contributed by atoms with Crippen molar-refractivity contribution in [1.82, 2.24) is 4.98 Å². The monoisotopic (exact) mass is 267 g/mol. The highest BCUT2D eigenvalue weighted by atomic mass is 16.6. The van der Waals surface area contributed by atoms with E-state index in [1.54, 1.807) is 0 Å². The average molecular weight is 267 g/mol. The van der Waals surface area contributed by atoms with E-state index in [1.165, 1.54) is 12.1 Å². The molecule has 1 saturated heterocycles. The van der Waals surface area contributed by atoms with E-state index in [1.807, 2.05) is 0 Å². The van der Waals surface area contributed by atoms with Crippen LogP contribution >= 0.6 is 0 Å². The summed E-state index contributed by atoms with van der Waals surface area (Å²) in [5.74, 6) is -0.455. The Hall–Kier alpha value is -2.22. The Labute approximate surface area is 108 Å². The van der Waals surface area contributed by atoms with Gasteiger partial charge in [0.05, 0.1) is 11.0 Å². The zero-order valence-corrected chi connectivity index (χ0v) is 9.98. The molecule has 102 valence electrons. The van der Waals surface area contributed by atoms with Crippen molar-refractivity contribution in [3.05, 3.63) is 28.4 Å². The van der Waals surface area contributed by atoms with E-state index in [4.69, 9.17) is 9.84 Å². The molecule has 2 atom stereocenters.